The van der Waals surface area contributed by atoms with Gasteiger partial charge in [0.1, 0.15) is 0 Å². The summed E-state index contributed by atoms with van der Waals surface area (Å²) in [6.45, 7) is 2.89. The number of nitrogens with one attached hydrogen (secondary N) is 1. The molecule has 0 aromatic carbocycles. The van der Waals surface area contributed by atoms with E-state index in [9.17, 15) is 0 Å². The predicted octanol–water partition coefficient (Wildman–Crippen LogP) is 2.00. The second kappa shape index (κ2) is 6.37. The summed E-state index contributed by atoms with van der Waals surface area (Å²) in [4.78, 5) is 4.19. The normalized spacial score (nSPS) is 19.2. The summed E-state index contributed by atoms with van der Waals surface area (Å²) in [6.07, 6.45) is 9.00. The third kappa shape index (κ3) is 2.99. The van der Waals surface area contributed by atoms with Crippen molar-refractivity contribution < 1.29 is 5.11 Å². The van der Waals surface area contributed by atoms with Crippen LogP contribution in [0.3, 0.4) is 0 Å². The van der Waals surface area contributed by atoms with E-state index in [0.29, 0.717) is 12.6 Å². The number of hydrogen-bond donors (Lipinski definition) is 2. The van der Waals surface area contributed by atoms with Gasteiger partial charge in [-0.15, -0.1) is 0 Å². The molecule has 2 atom stereocenters. The van der Waals surface area contributed by atoms with Gasteiger partial charge in [-0.1, -0.05) is 6.07 Å². The minimum Gasteiger partial charge on any atom is -0.394 e. The van der Waals surface area contributed by atoms with Crippen molar-refractivity contribution in [2.24, 2.45) is 0 Å². The van der Waals surface area contributed by atoms with Gasteiger partial charge in [-0.05, 0) is 37.8 Å². The maximum atomic E-state index is 9.12. The number of aliphatic hydroxyl groups is 1. The van der Waals surface area contributed by atoms with Crippen molar-refractivity contribution in [1.82, 2.24) is 20.1 Å². The first-order valence-electron chi connectivity index (χ1n) is 7.61. The fourth-order valence-corrected chi connectivity index (χ4v) is 3.11. The molecule has 2 N–H and O–H groups in total. The molecule has 1 aliphatic carbocycles. The molecule has 5 nitrogen and oxygen atoms in total. The van der Waals surface area contributed by atoms with E-state index in [4.69, 9.17) is 5.11 Å². The lowest BCUT2D eigenvalue weighted by Crippen LogP contribution is -2.28. The van der Waals surface area contributed by atoms with Crippen molar-refractivity contribution in [3.8, 4) is 0 Å². The highest BCUT2D eigenvalue weighted by molar-refractivity contribution is 5.26. The molecular weight excluding hydrogens is 264 g/mol. The fraction of sp³-hybridized carbons (Fsp3) is 0.500. The molecule has 5 heteroatoms. The monoisotopic (exact) mass is 286 g/mol. The largest absolute Gasteiger partial charge is 0.394 e. The van der Waals surface area contributed by atoms with Crippen LogP contribution in [0.5, 0.6) is 0 Å². The van der Waals surface area contributed by atoms with Gasteiger partial charge in [0.15, 0.2) is 0 Å². The van der Waals surface area contributed by atoms with Crippen LogP contribution in [-0.2, 0) is 13.0 Å². The lowest BCUT2D eigenvalue weighted by atomic mass is 9.92. The van der Waals surface area contributed by atoms with Gasteiger partial charge in [-0.3, -0.25) is 9.67 Å². The van der Waals surface area contributed by atoms with Crippen LogP contribution in [-0.4, -0.2) is 26.5 Å². The van der Waals surface area contributed by atoms with Crippen LogP contribution in [0, 0.1) is 0 Å². The van der Waals surface area contributed by atoms with Crippen molar-refractivity contribution in [1.29, 1.82) is 0 Å². The van der Waals surface area contributed by atoms with Gasteiger partial charge in [-0.25, -0.2) is 0 Å². The smallest absolute Gasteiger partial charge is 0.0644 e. The molecule has 0 aliphatic heterocycles. The topological polar surface area (TPSA) is 63.0 Å². The summed E-state index contributed by atoms with van der Waals surface area (Å²) in [6, 6.07) is 4.66. The lowest BCUT2D eigenvalue weighted by Gasteiger charge is -2.27. The third-order valence-electron chi connectivity index (χ3n) is 4.21. The summed E-state index contributed by atoms with van der Waals surface area (Å²) in [7, 11) is 0. The third-order valence-corrected chi connectivity index (χ3v) is 4.21. The molecule has 0 radical (unpaired) electrons. The molecule has 0 fully saturated rings. The molecule has 0 spiro atoms. The summed E-state index contributed by atoms with van der Waals surface area (Å²) >= 11 is 0. The van der Waals surface area contributed by atoms with E-state index in [1.54, 1.807) is 6.20 Å². The van der Waals surface area contributed by atoms with Crippen molar-refractivity contribution in [3.63, 3.8) is 0 Å². The zero-order valence-corrected chi connectivity index (χ0v) is 12.4. The van der Waals surface area contributed by atoms with Crippen molar-refractivity contribution >= 4 is 0 Å². The Kier molecular flexibility index (Phi) is 4.31. The van der Waals surface area contributed by atoms with Crippen molar-refractivity contribution in [3.05, 3.63) is 47.5 Å². The second-order valence-corrected chi connectivity index (χ2v) is 5.61. The Morgan fingerprint density at radius 1 is 1.48 bits per heavy atom. The molecule has 21 heavy (non-hydrogen) atoms. The number of pyridine rings is 1. The number of aliphatic hydroxyl groups excluding tert-OH is 1. The molecule has 0 saturated heterocycles. The first-order valence-corrected chi connectivity index (χ1v) is 7.61. The SMILES string of the molecule is CC(NC1CCCc2c1cnn2CCO)c1cccnc1. The summed E-state index contributed by atoms with van der Waals surface area (Å²) in [5.74, 6) is 0. The highest BCUT2D eigenvalue weighted by atomic mass is 16.3. The van der Waals surface area contributed by atoms with E-state index in [-0.39, 0.29) is 12.6 Å². The molecular formula is C16H22N4O. The summed E-state index contributed by atoms with van der Waals surface area (Å²) in [5, 5.41) is 17.2. The van der Waals surface area contributed by atoms with E-state index in [1.807, 2.05) is 23.1 Å². The Balaban J connectivity index is 1.76. The number of aromatic nitrogens is 3. The Morgan fingerprint density at radius 3 is 3.14 bits per heavy atom. The quantitative estimate of drug-likeness (QED) is 0.882. The van der Waals surface area contributed by atoms with Crippen LogP contribution in [0.25, 0.3) is 0 Å². The summed E-state index contributed by atoms with van der Waals surface area (Å²) in [5.41, 5.74) is 3.75. The van der Waals surface area contributed by atoms with E-state index in [0.717, 1.165) is 19.3 Å². The fourth-order valence-electron chi connectivity index (χ4n) is 3.11. The minimum absolute atomic E-state index is 0.137. The number of fused-ring (bicyclic) bond motifs is 1. The Hall–Kier alpha value is -1.72. The highest BCUT2D eigenvalue weighted by Gasteiger charge is 2.25. The van der Waals surface area contributed by atoms with Gasteiger partial charge in [0.25, 0.3) is 0 Å². The number of rotatable bonds is 5. The molecule has 0 bridgehead atoms. The van der Waals surface area contributed by atoms with Gasteiger partial charge >= 0.3 is 0 Å². The van der Waals surface area contributed by atoms with Crippen LogP contribution in [0.15, 0.2) is 30.7 Å². The average molecular weight is 286 g/mol. The van der Waals surface area contributed by atoms with Crippen LogP contribution >= 0.6 is 0 Å². The molecule has 0 saturated carbocycles. The number of nitrogens with zero attached hydrogens (tertiary/aromatic N) is 3. The molecule has 3 rings (SSSR count). The first-order chi connectivity index (χ1) is 10.3. The van der Waals surface area contributed by atoms with Crippen molar-refractivity contribution in [2.45, 2.75) is 44.8 Å². The average Bonchev–Trinajstić information content (AvgIpc) is 2.93. The number of hydrogen-bond acceptors (Lipinski definition) is 4. The molecule has 1 aliphatic rings. The van der Waals surface area contributed by atoms with Crippen molar-refractivity contribution in [2.75, 3.05) is 6.61 Å². The Morgan fingerprint density at radius 2 is 2.38 bits per heavy atom. The van der Waals surface area contributed by atoms with E-state index in [2.05, 4.69) is 28.4 Å². The zero-order valence-electron chi connectivity index (χ0n) is 12.4. The molecule has 2 aromatic rings. The zero-order chi connectivity index (χ0) is 14.7. The Labute approximate surface area is 125 Å². The van der Waals surface area contributed by atoms with Gasteiger partial charge < -0.3 is 10.4 Å². The standard InChI is InChI=1S/C16H22N4O/c1-12(13-4-3-7-17-10-13)19-15-5-2-6-16-14(15)11-18-20(16)8-9-21/h3-4,7,10-12,15,19,21H,2,5-6,8-9H2,1H3. The lowest BCUT2D eigenvalue weighted by molar-refractivity contribution is 0.266. The van der Waals surface area contributed by atoms with E-state index >= 15 is 0 Å². The molecule has 0 amide bonds. The van der Waals surface area contributed by atoms with Gasteiger partial charge in [0.2, 0.25) is 0 Å². The second-order valence-electron chi connectivity index (χ2n) is 5.61. The van der Waals surface area contributed by atoms with E-state index < -0.39 is 0 Å². The molecule has 2 unspecified atom stereocenters. The predicted molar refractivity (Wildman–Crippen MR) is 80.8 cm³/mol. The van der Waals surface area contributed by atoms with E-state index in [1.165, 1.54) is 16.8 Å². The van der Waals surface area contributed by atoms with Crippen LogP contribution in [0.4, 0.5) is 0 Å². The van der Waals surface area contributed by atoms with Gasteiger partial charge in [-0.2, -0.15) is 5.10 Å². The molecule has 112 valence electrons. The maximum Gasteiger partial charge on any atom is 0.0644 e. The Bertz CT molecular complexity index is 581. The van der Waals surface area contributed by atoms with Gasteiger partial charge in [0, 0.05) is 35.7 Å². The molecule has 2 aromatic heterocycles. The van der Waals surface area contributed by atoms with Crippen LogP contribution in [0.2, 0.25) is 0 Å². The van der Waals surface area contributed by atoms with Crippen LogP contribution < -0.4 is 5.32 Å². The highest BCUT2D eigenvalue weighted by Crippen LogP contribution is 2.31. The van der Waals surface area contributed by atoms with Gasteiger partial charge in [0.05, 0.1) is 19.3 Å². The molecule has 2 heterocycles. The first kappa shape index (κ1) is 14.2. The minimum atomic E-state index is 0.137. The summed E-state index contributed by atoms with van der Waals surface area (Å²) < 4.78 is 1.94. The van der Waals surface area contributed by atoms with Crippen LogP contribution in [0.1, 0.15) is 48.7 Å². The maximum absolute atomic E-state index is 9.12.